The lowest BCUT2D eigenvalue weighted by Gasteiger charge is -2.56. The molecule has 1 amide bonds. The van der Waals surface area contributed by atoms with E-state index in [1.165, 1.54) is 51.4 Å². The highest BCUT2D eigenvalue weighted by molar-refractivity contribution is 5.76. The van der Waals surface area contributed by atoms with Gasteiger partial charge in [-0.1, -0.05) is 50.1 Å². The zero-order valence-corrected chi connectivity index (χ0v) is 19.2. The fourth-order valence-electron chi connectivity index (χ4n) is 7.39. The third-order valence-electron chi connectivity index (χ3n) is 8.41. The number of nitrogens with one attached hydrogen (secondary N) is 2. The molecule has 166 valence electrons. The first-order valence-electron chi connectivity index (χ1n) is 12.6. The molecule has 30 heavy (non-hydrogen) atoms. The van der Waals surface area contributed by atoms with Gasteiger partial charge >= 0.3 is 0 Å². The van der Waals surface area contributed by atoms with Gasteiger partial charge in [0.2, 0.25) is 5.91 Å². The zero-order chi connectivity index (χ0) is 21.0. The predicted molar refractivity (Wildman–Crippen MR) is 125 cm³/mol. The zero-order valence-electron chi connectivity index (χ0n) is 19.2. The average Bonchev–Trinajstić information content (AvgIpc) is 2.73. The Hall–Kier alpha value is -1.35. The largest absolute Gasteiger partial charge is 0.353 e. The molecule has 0 radical (unpaired) electrons. The Morgan fingerprint density at radius 2 is 2.03 bits per heavy atom. The lowest BCUT2D eigenvalue weighted by molar-refractivity contribution is -0.122. The summed E-state index contributed by atoms with van der Waals surface area (Å²) in [5, 5.41) is 6.81. The minimum Gasteiger partial charge on any atom is -0.353 e. The van der Waals surface area contributed by atoms with E-state index in [9.17, 15) is 4.79 Å². The lowest BCUT2D eigenvalue weighted by atomic mass is 9.49. The molecule has 1 aliphatic heterocycles. The lowest BCUT2D eigenvalue weighted by Crippen LogP contribution is -2.47. The summed E-state index contributed by atoms with van der Waals surface area (Å²) in [4.78, 5) is 12.7. The Morgan fingerprint density at radius 1 is 1.20 bits per heavy atom. The predicted octanol–water partition coefficient (Wildman–Crippen LogP) is 5.73. The van der Waals surface area contributed by atoms with Gasteiger partial charge in [0, 0.05) is 18.5 Å². The molecule has 0 spiro atoms. The van der Waals surface area contributed by atoms with Gasteiger partial charge in [0.15, 0.2) is 0 Å². The molecule has 3 fully saturated rings. The van der Waals surface area contributed by atoms with Crippen LogP contribution in [-0.4, -0.2) is 24.5 Å². The van der Waals surface area contributed by atoms with Crippen molar-refractivity contribution in [3.05, 3.63) is 35.9 Å². The smallest absolute Gasteiger partial charge is 0.220 e. The Balaban J connectivity index is 1.42. The van der Waals surface area contributed by atoms with Crippen LogP contribution in [0.3, 0.4) is 0 Å². The molecule has 1 unspecified atom stereocenters. The summed E-state index contributed by atoms with van der Waals surface area (Å²) in [5.41, 5.74) is 2.41. The number of carbonyl (C=O) groups excluding carboxylic acids is 1. The number of piperidine rings is 1. The van der Waals surface area contributed by atoms with E-state index in [1.807, 2.05) is 0 Å². The summed E-state index contributed by atoms with van der Waals surface area (Å²) in [6.07, 6.45) is 14.6. The molecule has 2 N–H and O–H groups in total. The van der Waals surface area contributed by atoms with Gasteiger partial charge in [0.25, 0.3) is 0 Å². The van der Waals surface area contributed by atoms with Crippen LogP contribution in [0, 0.1) is 11.3 Å². The van der Waals surface area contributed by atoms with Gasteiger partial charge in [-0.3, -0.25) is 4.79 Å². The molecule has 2 bridgehead atoms. The van der Waals surface area contributed by atoms with E-state index in [4.69, 9.17) is 0 Å². The molecule has 2 saturated carbocycles. The second-order valence-corrected chi connectivity index (χ2v) is 10.9. The molecule has 1 heterocycles. The maximum atomic E-state index is 12.7. The van der Waals surface area contributed by atoms with Crippen LogP contribution < -0.4 is 10.6 Å². The van der Waals surface area contributed by atoms with Gasteiger partial charge < -0.3 is 10.6 Å². The Bertz CT molecular complexity index is 700. The minimum absolute atomic E-state index is 0.281. The maximum absolute atomic E-state index is 12.7. The number of carbonyl (C=O) groups is 1. The second kappa shape index (κ2) is 9.42. The van der Waals surface area contributed by atoms with E-state index < -0.39 is 0 Å². The molecule has 3 heteroatoms. The molecule has 3 nitrogen and oxygen atoms in total. The molecule has 1 aromatic carbocycles. The second-order valence-electron chi connectivity index (χ2n) is 10.9. The van der Waals surface area contributed by atoms with E-state index in [0.29, 0.717) is 35.3 Å². The third-order valence-corrected chi connectivity index (χ3v) is 8.41. The van der Waals surface area contributed by atoms with Crippen LogP contribution in [0.4, 0.5) is 0 Å². The van der Waals surface area contributed by atoms with Crippen molar-refractivity contribution >= 4 is 5.91 Å². The van der Waals surface area contributed by atoms with Crippen LogP contribution in [0.5, 0.6) is 0 Å². The van der Waals surface area contributed by atoms with E-state index in [-0.39, 0.29) is 5.91 Å². The topological polar surface area (TPSA) is 41.1 Å². The molecule has 1 saturated heterocycles. The van der Waals surface area contributed by atoms with Crippen LogP contribution in [0.15, 0.2) is 30.3 Å². The summed E-state index contributed by atoms with van der Waals surface area (Å²) in [7, 11) is 0. The van der Waals surface area contributed by atoms with Gasteiger partial charge in [-0.2, -0.15) is 0 Å². The monoisotopic (exact) mass is 410 g/mol. The van der Waals surface area contributed by atoms with E-state index >= 15 is 0 Å². The van der Waals surface area contributed by atoms with Crippen molar-refractivity contribution in [3.8, 4) is 0 Å². The summed E-state index contributed by atoms with van der Waals surface area (Å²) in [5.74, 6) is 0.964. The quantitative estimate of drug-likeness (QED) is 0.602. The van der Waals surface area contributed by atoms with Crippen molar-refractivity contribution in [2.75, 3.05) is 6.54 Å². The van der Waals surface area contributed by atoms with E-state index in [1.54, 1.807) is 5.56 Å². The van der Waals surface area contributed by atoms with Crippen molar-refractivity contribution in [1.29, 1.82) is 0 Å². The number of rotatable bonds is 7. The van der Waals surface area contributed by atoms with Crippen LogP contribution in [0.2, 0.25) is 0 Å². The molecular formula is C27H42N2O. The van der Waals surface area contributed by atoms with Gasteiger partial charge in [-0.05, 0) is 93.6 Å². The SMILES string of the molecule is CCC[C@@]12CCC[C@@](c3ccccc3)(CC(CCC(=O)N[C@H]3CCN[C@@H](C)C3)C1)C2. The summed E-state index contributed by atoms with van der Waals surface area (Å²) < 4.78 is 0. The molecule has 0 aromatic heterocycles. The molecule has 4 rings (SSSR count). The Kier molecular flexibility index (Phi) is 6.87. The fraction of sp³-hybridized carbons (Fsp3) is 0.741. The van der Waals surface area contributed by atoms with Crippen LogP contribution in [0.1, 0.15) is 96.5 Å². The van der Waals surface area contributed by atoms with Crippen molar-refractivity contribution in [3.63, 3.8) is 0 Å². The van der Waals surface area contributed by atoms with Crippen LogP contribution in [-0.2, 0) is 10.2 Å². The van der Waals surface area contributed by atoms with Crippen molar-refractivity contribution in [2.45, 2.75) is 108 Å². The number of fused-ring (bicyclic) bond motifs is 2. The highest BCUT2D eigenvalue weighted by Gasteiger charge is 2.50. The van der Waals surface area contributed by atoms with Gasteiger partial charge in [0.05, 0.1) is 0 Å². The van der Waals surface area contributed by atoms with Crippen molar-refractivity contribution in [2.24, 2.45) is 11.3 Å². The molecular weight excluding hydrogens is 368 g/mol. The summed E-state index contributed by atoms with van der Waals surface area (Å²) in [6, 6.07) is 12.2. The summed E-state index contributed by atoms with van der Waals surface area (Å²) in [6.45, 7) is 5.59. The summed E-state index contributed by atoms with van der Waals surface area (Å²) >= 11 is 0. The van der Waals surface area contributed by atoms with Gasteiger partial charge in [0.1, 0.15) is 0 Å². The standard InChI is InChI=1S/C27H42N2O/c1-3-13-26-14-7-15-27(20-26,23-8-5-4-6-9-23)19-22(18-26)10-11-25(30)29-24-12-16-28-21(2)17-24/h4-6,8-9,21-22,24,28H,3,7,10-20H2,1-2H3,(H,29,30)/t21-,22?,24-,26+,27+/m0/s1. The normalized spacial score (nSPS) is 36.3. The third kappa shape index (κ3) is 4.93. The molecule has 3 aliphatic rings. The maximum Gasteiger partial charge on any atom is 0.220 e. The van der Waals surface area contributed by atoms with Crippen LogP contribution >= 0.6 is 0 Å². The van der Waals surface area contributed by atoms with Crippen LogP contribution in [0.25, 0.3) is 0 Å². The van der Waals surface area contributed by atoms with Gasteiger partial charge in [-0.25, -0.2) is 0 Å². The first-order chi connectivity index (χ1) is 14.5. The first kappa shape index (κ1) is 21.9. The van der Waals surface area contributed by atoms with Crippen molar-refractivity contribution in [1.82, 2.24) is 10.6 Å². The average molecular weight is 411 g/mol. The Morgan fingerprint density at radius 3 is 2.80 bits per heavy atom. The molecule has 5 atom stereocenters. The fourth-order valence-corrected chi connectivity index (χ4v) is 7.39. The number of amides is 1. The highest BCUT2D eigenvalue weighted by Crippen LogP contribution is 2.60. The minimum atomic E-state index is 0.281. The number of hydrogen-bond donors (Lipinski definition) is 2. The van der Waals surface area contributed by atoms with E-state index in [0.717, 1.165) is 25.8 Å². The number of hydrogen-bond acceptors (Lipinski definition) is 2. The van der Waals surface area contributed by atoms with Gasteiger partial charge in [-0.15, -0.1) is 0 Å². The molecule has 1 aromatic rings. The highest BCUT2D eigenvalue weighted by atomic mass is 16.1. The van der Waals surface area contributed by atoms with Crippen molar-refractivity contribution < 1.29 is 4.79 Å². The Labute approximate surface area is 183 Å². The first-order valence-corrected chi connectivity index (χ1v) is 12.6. The number of benzene rings is 1. The van der Waals surface area contributed by atoms with E-state index in [2.05, 4.69) is 54.8 Å². The molecule has 2 aliphatic carbocycles.